The third-order valence-electron chi connectivity index (χ3n) is 4.47. The molecule has 1 aliphatic heterocycles. The molecule has 3 rings (SSSR count). The highest BCUT2D eigenvalue weighted by atomic mass is 32.2. The number of non-ortho nitro benzene ring substituents is 1. The Morgan fingerprint density at radius 2 is 1.88 bits per heavy atom. The van der Waals surface area contributed by atoms with Crippen LogP contribution in [0, 0.1) is 10.1 Å². The SMILES string of the molecule is C[C@H](c1cccc([N+](=O)[O-])c1)N1CCN(S(=O)(=O)c2cccs2)CC1. The minimum absolute atomic E-state index is 0.00788. The Morgan fingerprint density at radius 1 is 1.16 bits per heavy atom. The normalized spacial score (nSPS) is 18.1. The highest BCUT2D eigenvalue weighted by Crippen LogP contribution is 2.27. The quantitative estimate of drug-likeness (QED) is 0.587. The first-order valence-electron chi connectivity index (χ1n) is 7.91. The van der Waals surface area contributed by atoms with Gasteiger partial charge in [0.2, 0.25) is 0 Å². The molecule has 25 heavy (non-hydrogen) atoms. The predicted molar refractivity (Wildman–Crippen MR) is 96.2 cm³/mol. The number of nitro groups is 1. The van der Waals surface area contributed by atoms with Gasteiger partial charge in [-0.3, -0.25) is 15.0 Å². The minimum atomic E-state index is -3.41. The van der Waals surface area contributed by atoms with Gasteiger partial charge >= 0.3 is 0 Å². The van der Waals surface area contributed by atoms with Crippen molar-refractivity contribution in [3.63, 3.8) is 0 Å². The van der Waals surface area contributed by atoms with E-state index < -0.39 is 14.9 Å². The highest BCUT2D eigenvalue weighted by molar-refractivity contribution is 7.91. The Hall–Kier alpha value is -1.81. The van der Waals surface area contributed by atoms with Crippen molar-refractivity contribution in [2.24, 2.45) is 0 Å². The topological polar surface area (TPSA) is 83.8 Å². The van der Waals surface area contributed by atoms with Crippen LogP contribution >= 0.6 is 11.3 Å². The molecule has 0 unspecified atom stereocenters. The molecule has 1 aromatic carbocycles. The molecule has 1 aromatic heterocycles. The number of piperazine rings is 1. The van der Waals surface area contributed by atoms with Gasteiger partial charge < -0.3 is 0 Å². The number of hydrogen-bond acceptors (Lipinski definition) is 6. The van der Waals surface area contributed by atoms with E-state index in [1.165, 1.54) is 21.7 Å². The van der Waals surface area contributed by atoms with Crippen LogP contribution in [0.5, 0.6) is 0 Å². The van der Waals surface area contributed by atoms with Crippen LogP contribution in [-0.2, 0) is 10.0 Å². The molecule has 1 saturated heterocycles. The van der Waals surface area contributed by atoms with Gasteiger partial charge in [0.25, 0.3) is 15.7 Å². The molecule has 0 saturated carbocycles. The van der Waals surface area contributed by atoms with E-state index in [2.05, 4.69) is 4.90 Å². The van der Waals surface area contributed by atoms with Gasteiger partial charge in [0.15, 0.2) is 0 Å². The van der Waals surface area contributed by atoms with Crippen molar-refractivity contribution >= 4 is 27.0 Å². The monoisotopic (exact) mass is 381 g/mol. The Balaban J connectivity index is 1.68. The maximum absolute atomic E-state index is 12.6. The molecule has 0 radical (unpaired) electrons. The van der Waals surface area contributed by atoms with Crippen LogP contribution in [0.15, 0.2) is 46.0 Å². The molecule has 7 nitrogen and oxygen atoms in total. The molecule has 9 heteroatoms. The van der Waals surface area contributed by atoms with Crippen LogP contribution in [0.25, 0.3) is 0 Å². The van der Waals surface area contributed by atoms with Crippen molar-refractivity contribution in [2.45, 2.75) is 17.2 Å². The number of hydrogen-bond donors (Lipinski definition) is 0. The number of nitro benzene ring substituents is 1. The molecule has 1 aliphatic rings. The van der Waals surface area contributed by atoms with E-state index >= 15 is 0 Å². The van der Waals surface area contributed by atoms with Crippen molar-refractivity contribution in [1.82, 2.24) is 9.21 Å². The molecule has 1 fully saturated rings. The van der Waals surface area contributed by atoms with Crippen LogP contribution in [0.2, 0.25) is 0 Å². The maximum atomic E-state index is 12.6. The molecule has 0 bridgehead atoms. The summed E-state index contributed by atoms with van der Waals surface area (Å²) < 4.78 is 27.0. The second-order valence-electron chi connectivity index (χ2n) is 5.90. The van der Waals surface area contributed by atoms with Crippen LogP contribution in [0.1, 0.15) is 18.5 Å². The number of thiophene rings is 1. The second-order valence-corrected chi connectivity index (χ2v) is 9.01. The number of benzene rings is 1. The lowest BCUT2D eigenvalue weighted by atomic mass is 10.1. The van der Waals surface area contributed by atoms with E-state index in [0.717, 1.165) is 5.56 Å². The molecule has 2 heterocycles. The van der Waals surface area contributed by atoms with Gasteiger partial charge in [-0.15, -0.1) is 11.3 Å². The molecule has 0 N–H and O–H groups in total. The maximum Gasteiger partial charge on any atom is 0.269 e. The van der Waals surface area contributed by atoms with Gasteiger partial charge in [-0.2, -0.15) is 4.31 Å². The van der Waals surface area contributed by atoms with Crippen LogP contribution in [0.3, 0.4) is 0 Å². The number of nitrogens with zero attached hydrogens (tertiary/aromatic N) is 3. The zero-order chi connectivity index (χ0) is 18.0. The van der Waals surface area contributed by atoms with E-state index in [1.807, 2.05) is 13.0 Å². The van der Waals surface area contributed by atoms with Gasteiger partial charge in [-0.25, -0.2) is 8.42 Å². The lowest BCUT2D eigenvalue weighted by molar-refractivity contribution is -0.385. The summed E-state index contributed by atoms with van der Waals surface area (Å²) in [5, 5.41) is 12.7. The van der Waals surface area contributed by atoms with E-state index in [1.54, 1.807) is 29.6 Å². The fourth-order valence-corrected chi connectivity index (χ4v) is 5.54. The molecule has 0 spiro atoms. The third kappa shape index (κ3) is 3.74. The summed E-state index contributed by atoms with van der Waals surface area (Å²) in [7, 11) is -3.41. The molecule has 1 atom stereocenters. The molecular formula is C16H19N3O4S2. The van der Waals surface area contributed by atoms with E-state index in [-0.39, 0.29) is 11.7 Å². The smallest absolute Gasteiger partial charge is 0.269 e. The molecule has 2 aromatic rings. The summed E-state index contributed by atoms with van der Waals surface area (Å²) in [4.78, 5) is 12.7. The summed E-state index contributed by atoms with van der Waals surface area (Å²) in [6.07, 6.45) is 0. The van der Waals surface area contributed by atoms with E-state index in [0.29, 0.717) is 30.4 Å². The minimum Gasteiger partial charge on any atom is -0.294 e. The van der Waals surface area contributed by atoms with Crippen molar-refractivity contribution in [1.29, 1.82) is 0 Å². The zero-order valence-electron chi connectivity index (χ0n) is 13.7. The van der Waals surface area contributed by atoms with Crippen molar-refractivity contribution < 1.29 is 13.3 Å². The second kappa shape index (κ2) is 7.20. The van der Waals surface area contributed by atoms with Gasteiger partial charge in [0.1, 0.15) is 4.21 Å². The predicted octanol–water partition coefficient (Wildman–Crippen LogP) is 2.72. The molecule has 134 valence electrons. The van der Waals surface area contributed by atoms with Crippen molar-refractivity contribution in [3.05, 3.63) is 57.5 Å². The summed E-state index contributed by atoms with van der Waals surface area (Å²) in [6.45, 7) is 4.00. The van der Waals surface area contributed by atoms with Crippen molar-refractivity contribution in [2.75, 3.05) is 26.2 Å². The standard InChI is InChI=1S/C16H19N3O4S2/c1-13(14-4-2-5-15(12-14)19(20)21)17-7-9-18(10-8-17)25(22,23)16-6-3-11-24-16/h2-6,11-13H,7-10H2,1H3/t13-/m1/s1. The fraction of sp³-hybridized carbons (Fsp3) is 0.375. The Morgan fingerprint density at radius 3 is 2.48 bits per heavy atom. The van der Waals surface area contributed by atoms with Crippen LogP contribution < -0.4 is 0 Å². The lowest BCUT2D eigenvalue weighted by Crippen LogP contribution is -2.49. The first-order valence-corrected chi connectivity index (χ1v) is 10.2. The third-order valence-corrected chi connectivity index (χ3v) is 7.75. The van der Waals surface area contributed by atoms with Crippen LogP contribution in [-0.4, -0.2) is 48.7 Å². The van der Waals surface area contributed by atoms with E-state index in [4.69, 9.17) is 0 Å². The van der Waals surface area contributed by atoms with Gasteiger partial charge in [0.05, 0.1) is 4.92 Å². The average Bonchev–Trinajstić information content (AvgIpc) is 3.17. The first-order chi connectivity index (χ1) is 11.9. The first kappa shape index (κ1) is 18.0. The number of sulfonamides is 1. The molecule has 0 amide bonds. The van der Waals surface area contributed by atoms with Crippen molar-refractivity contribution in [3.8, 4) is 0 Å². The largest absolute Gasteiger partial charge is 0.294 e. The Labute approximate surface area is 150 Å². The fourth-order valence-electron chi connectivity index (χ4n) is 2.98. The lowest BCUT2D eigenvalue weighted by Gasteiger charge is -2.37. The summed E-state index contributed by atoms with van der Waals surface area (Å²) in [5.74, 6) is 0. The summed E-state index contributed by atoms with van der Waals surface area (Å²) >= 11 is 1.22. The summed E-state index contributed by atoms with van der Waals surface area (Å²) in [5.41, 5.74) is 0.937. The van der Waals surface area contributed by atoms with Crippen LogP contribution in [0.4, 0.5) is 5.69 Å². The molecule has 0 aliphatic carbocycles. The number of rotatable bonds is 5. The Kier molecular flexibility index (Phi) is 5.19. The average molecular weight is 381 g/mol. The van der Waals surface area contributed by atoms with Gasteiger partial charge in [-0.05, 0) is 23.9 Å². The molecular weight excluding hydrogens is 362 g/mol. The Bertz CT molecular complexity index is 844. The zero-order valence-corrected chi connectivity index (χ0v) is 15.4. The van der Waals surface area contributed by atoms with Gasteiger partial charge in [-0.1, -0.05) is 18.2 Å². The highest BCUT2D eigenvalue weighted by Gasteiger charge is 2.31. The summed E-state index contributed by atoms with van der Waals surface area (Å²) in [6, 6.07) is 9.96. The van der Waals surface area contributed by atoms with E-state index in [9.17, 15) is 18.5 Å². The van der Waals surface area contributed by atoms with Gasteiger partial charge in [0, 0.05) is 44.4 Å².